The fraction of sp³-hybridized carbons (Fsp3) is 0.222. The van der Waals surface area contributed by atoms with Crippen LogP contribution in [0.3, 0.4) is 0 Å². The van der Waals surface area contributed by atoms with Crippen LogP contribution in [0.15, 0.2) is 12.1 Å². The zero-order valence-corrected chi connectivity index (χ0v) is 8.02. The predicted octanol–water partition coefficient (Wildman–Crippen LogP) is 1.05. The highest BCUT2D eigenvalue weighted by atomic mass is 16.5. The number of aromatic carboxylic acids is 1. The third kappa shape index (κ3) is 1.74. The van der Waals surface area contributed by atoms with E-state index in [0.717, 1.165) is 0 Å². The first-order valence-corrected chi connectivity index (χ1v) is 4.43. The van der Waals surface area contributed by atoms with E-state index in [2.05, 4.69) is 15.0 Å². The number of pyridine rings is 1. The molecule has 0 aliphatic rings. The van der Waals surface area contributed by atoms with E-state index in [4.69, 9.17) is 9.84 Å². The Hall–Kier alpha value is -2.11. The van der Waals surface area contributed by atoms with Gasteiger partial charge >= 0.3 is 5.97 Å². The van der Waals surface area contributed by atoms with Crippen LogP contribution in [0.25, 0.3) is 11.2 Å². The van der Waals surface area contributed by atoms with E-state index in [1.54, 1.807) is 6.07 Å². The van der Waals surface area contributed by atoms with E-state index in [9.17, 15) is 4.79 Å². The molecule has 0 spiro atoms. The van der Waals surface area contributed by atoms with Crippen molar-refractivity contribution in [2.45, 2.75) is 6.92 Å². The Kier molecular flexibility index (Phi) is 2.24. The maximum atomic E-state index is 10.6. The molecule has 0 radical (unpaired) electrons. The van der Waals surface area contributed by atoms with Crippen molar-refractivity contribution in [2.24, 2.45) is 0 Å². The van der Waals surface area contributed by atoms with Gasteiger partial charge in [-0.15, -0.1) is 0 Å². The average Bonchev–Trinajstić information content (AvgIpc) is 2.59. The van der Waals surface area contributed by atoms with Gasteiger partial charge in [0.05, 0.1) is 12.1 Å². The van der Waals surface area contributed by atoms with Gasteiger partial charge in [-0.3, -0.25) is 0 Å². The van der Waals surface area contributed by atoms with Gasteiger partial charge in [-0.1, -0.05) is 0 Å². The van der Waals surface area contributed by atoms with Gasteiger partial charge in [0.25, 0.3) is 6.01 Å². The van der Waals surface area contributed by atoms with Crippen molar-refractivity contribution in [1.82, 2.24) is 15.0 Å². The number of ether oxygens (including phenoxy) is 1. The molecule has 0 atom stereocenters. The standard InChI is InChI=1S/C9H9N3O3/c1-2-15-9-11-5-3-4-6(8(13)14)10-7(5)12-9/h3-4H,2H2,1H3,(H,13,14)(H,10,11,12). The molecule has 2 aromatic heterocycles. The Balaban J connectivity index is 2.47. The number of imidazole rings is 1. The summed E-state index contributed by atoms with van der Waals surface area (Å²) in [6.45, 7) is 2.33. The number of carboxylic acid groups (broad SMARTS) is 1. The zero-order valence-electron chi connectivity index (χ0n) is 8.02. The van der Waals surface area contributed by atoms with E-state index in [1.807, 2.05) is 6.92 Å². The summed E-state index contributed by atoms with van der Waals surface area (Å²) < 4.78 is 5.14. The first-order valence-electron chi connectivity index (χ1n) is 4.43. The number of hydrogen-bond donors (Lipinski definition) is 2. The maximum Gasteiger partial charge on any atom is 0.354 e. The largest absolute Gasteiger partial charge is 0.477 e. The monoisotopic (exact) mass is 207 g/mol. The number of carbonyl (C=O) groups is 1. The molecule has 0 amide bonds. The van der Waals surface area contributed by atoms with E-state index < -0.39 is 5.97 Å². The Labute approximate surface area is 84.9 Å². The first-order chi connectivity index (χ1) is 7.20. The number of H-pyrrole nitrogens is 1. The van der Waals surface area contributed by atoms with Gasteiger partial charge < -0.3 is 14.8 Å². The molecule has 2 aromatic rings. The highest BCUT2D eigenvalue weighted by molar-refractivity contribution is 5.88. The second-order valence-corrected chi connectivity index (χ2v) is 2.85. The lowest BCUT2D eigenvalue weighted by Crippen LogP contribution is -1.99. The average molecular weight is 207 g/mol. The third-order valence-electron chi connectivity index (χ3n) is 1.82. The lowest BCUT2D eigenvalue weighted by atomic mass is 10.3. The number of carboxylic acids is 1. The van der Waals surface area contributed by atoms with Gasteiger partial charge in [-0.05, 0) is 19.1 Å². The fourth-order valence-electron chi connectivity index (χ4n) is 1.19. The molecular formula is C9H9N3O3. The number of nitrogens with one attached hydrogen (secondary N) is 1. The van der Waals surface area contributed by atoms with E-state index in [1.165, 1.54) is 6.07 Å². The Morgan fingerprint density at radius 1 is 1.53 bits per heavy atom. The van der Waals surface area contributed by atoms with Gasteiger partial charge in [0.2, 0.25) is 0 Å². The van der Waals surface area contributed by atoms with Crippen LogP contribution in [-0.4, -0.2) is 32.6 Å². The summed E-state index contributed by atoms with van der Waals surface area (Å²) in [6.07, 6.45) is 0. The smallest absolute Gasteiger partial charge is 0.354 e. The second-order valence-electron chi connectivity index (χ2n) is 2.85. The number of fused-ring (bicyclic) bond motifs is 1. The van der Waals surface area contributed by atoms with Crippen LogP contribution in [-0.2, 0) is 0 Å². The topological polar surface area (TPSA) is 88.1 Å². The molecule has 0 saturated heterocycles. The van der Waals surface area contributed by atoms with E-state index >= 15 is 0 Å². The minimum Gasteiger partial charge on any atom is -0.477 e. The van der Waals surface area contributed by atoms with Crippen LogP contribution in [0.5, 0.6) is 6.01 Å². The first kappa shape index (κ1) is 9.45. The maximum absolute atomic E-state index is 10.6. The van der Waals surface area contributed by atoms with Crippen molar-refractivity contribution in [3.8, 4) is 6.01 Å². The molecular weight excluding hydrogens is 198 g/mol. The molecule has 6 nitrogen and oxygen atoms in total. The van der Waals surface area contributed by atoms with Gasteiger partial charge in [0, 0.05) is 0 Å². The Morgan fingerprint density at radius 2 is 2.33 bits per heavy atom. The Bertz CT molecular complexity index is 506. The summed E-state index contributed by atoms with van der Waals surface area (Å²) >= 11 is 0. The summed E-state index contributed by atoms with van der Waals surface area (Å²) in [5.41, 5.74) is 0.971. The van der Waals surface area contributed by atoms with Crippen molar-refractivity contribution in [3.05, 3.63) is 17.8 Å². The van der Waals surface area contributed by atoms with Crippen molar-refractivity contribution in [2.75, 3.05) is 6.61 Å². The summed E-state index contributed by atoms with van der Waals surface area (Å²) in [5, 5.41) is 8.72. The van der Waals surface area contributed by atoms with Crippen molar-refractivity contribution < 1.29 is 14.6 Å². The van der Waals surface area contributed by atoms with Crippen LogP contribution in [0, 0.1) is 0 Å². The van der Waals surface area contributed by atoms with Gasteiger partial charge in [-0.25, -0.2) is 9.78 Å². The number of aromatic amines is 1. The number of aromatic nitrogens is 3. The van der Waals surface area contributed by atoms with Crippen LogP contribution >= 0.6 is 0 Å². The van der Waals surface area contributed by atoms with Crippen LogP contribution in [0.1, 0.15) is 17.4 Å². The number of hydrogen-bond acceptors (Lipinski definition) is 4. The third-order valence-corrected chi connectivity index (χ3v) is 1.82. The lowest BCUT2D eigenvalue weighted by Gasteiger charge is -1.92. The molecule has 0 saturated carbocycles. The zero-order chi connectivity index (χ0) is 10.8. The molecule has 0 aromatic carbocycles. The number of rotatable bonds is 3. The molecule has 0 aliphatic heterocycles. The van der Waals surface area contributed by atoms with Crippen molar-refractivity contribution >= 4 is 17.1 Å². The van der Waals surface area contributed by atoms with Crippen molar-refractivity contribution in [1.29, 1.82) is 0 Å². The van der Waals surface area contributed by atoms with Crippen LogP contribution < -0.4 is 4.74 Å². The van der Waals surface area contributed by atoms with Crippen LogP contribution in [0.4, 0.5) is 0 Å². The second kappa shape index (κ2) is 3.56. The minimum absolute atomic E-state index is 0.0305. The summed E-state index contributed by atoms with van der Waals surface area (Å²) in [7, 11) is 0. The molecule has 2 N–H and O–H groups in total. The summed E-state index contributed by atoms with van der Waals surface area (Å²) in [5.74, 6) is -1.07. The number of nitrogens with zero attached hydrogens (tertiary/aromatic N) is 2. The van der Waals surface area contributed by atoms with Crippen molar-refractivity contribution in [3.63, 3.8) is 0 Å². The molecule has 6 heteroatoms. The molecule has 0 bridgehead atoms. The molecule has 2 rings (SSSR count). The Morgan fingerprint density at radius 3 is 3.00 bits per heavy atom. The van der Waals surface area contributed by atoms with E-state index in [-0.39, 0.29) is 5.69 Å². The molecule has 0 aliphatic carbocycles. The summed E-state index contributed by atoms with van der Waals surface area (Å²) in [4.78, 5) is 21.4. The molecule has 2 heterocycles. The lowest BCUT2D eigenvalue weighted by molar-refractivity contribution is 0.0691. The molecule has 78 valence electrons. The summed E-state index contributed by atoms with van der Waals surface area (Å²) in [6, 6.07) is 3.38. The van der Waals surface area contributed by atoms with Gasteiger partial charge in [0.1, 0.15) is 0 Å². The highest BCUT2D eigenvalue weighted by Crippen LogP contribution is 2.14. The predicted molar refractivity (Wildman–Crippen MR) is 52.0 cm³/mol. The van der Waals surface area contributed by atoms with Gasteiger partial charge in [0.15, 0.2) is 11.3 Å². The van der Waals surface area contributed by atoms with Crippen LogP contribution in [0.2, 0.25) is 0 Å². The minimum atomic E-state index is -1.07. The fourth-order valence-corrected chi connectivity index (χ4v) is 1.19. The molecule has 15 heavy (non-hydrogen) atoms. The normalized spacial score (nSPS) is 10.5. The highest BCUT2D eigenvalue weighted by Gasteiger charge is 2.09. The van der Waals surface area contributed by atoms with E-state index in [0.29, 0.717) is 23.8 Å². The molecule has 0 fully saturated rings. The SMILES string of the molecule is CCOc1nc2nc(C(=O)O)ccc2[nH]1. The molecule has 0 unspecified atom stereocenters. The quantitative estimate of drug-likeness (QED) is 0.785. The van der Waals surface area contributed by atoms with Gasteiger partial charge in [-0.2, -0.15) is 4.98 Å².